The molecule has 0 atom stereocenters. The van der Waals surface area contributed by atoms with Crippen LogP contribution in [0.1, 0.15) is 12.8 Å². The molecule has 1 saturated heterocycles. The van der Waals surface area contributed by atoms with Gasteiger partial charge in [0.05, 0.1) is 4.99 Å². The van der Waals surface area contributed by atoms with Crippen molar-refractivity contribution in [2.75, 3.05) is 4.90 Å². The average molecular weight is 191 g/mol. The zero-order chi connectivity index (χ0) is 9.26. The second-order valence-electron chi connectivity index (χ2n) is 2.96. The first-order chi connectivity index (χ1) is 6.29. The molecule has 1 amide bonds. The molecule has 0 aromatic heterocycles. The summed E-state index contributed by atoms with van der Waals surface area (Å²) in [5, 5.41) is 0. The fraction of sp³-hybridized carbons (Fsp3) is 0.200. The van der Waals surface area contributed by atoms with Crippen LogP contribution in [0.5, 0.6) is 0 Å². The Kier molecular flexibility index (Phi) is 2.10. The number of thiocarbonyl (C=S) groups is 1. The lowest BCUT2D eigenvalue weighted by atomic mass is 10.3. The van der Waals surface area contributed by atoms with Crippen LogP contribution in [0, 0.1) is 0 Å². The van der Waals surface area contributed by atoms with Crippen molar-refractivity contribution in [1.29, 1.82) is 0 Å². The molecule has 1 heterocycles. The Balaban J connectivity index is 2.36. The molecule has 3 heteroatoms. The molecule has 1 aromatic carbocycles. The number of benzene rings is 1. The Morgan fingerprint density at radius 2 is 1.85 bits per heavy atom. The maximum atomic E-state index is 11.4. The smallest absolute Gasteiger partial charge is 0.232 e. The highest BCUT2D eigenvalue weighted by molar-refractivity contribution is 7.80. The predicted octanol–water partition coefficient (Wildman–Crippen LogP) is 2.14. The van der Waals surface area contributed by atoms with Crippen molar-refractivity contribution in [2.45, 2.75) is 12.8 Å². The van der Waals surface area contributed by atoms with Gasteiger partial charge in [-0.1, -0.05) is 30.4 Å². The van der Waals surface area contributed by atoms with Crippen molar-refractivity contribution >= 4 is 28.8 Å². The SMILES string of the molecule is O=C1CCC(=S)N1c1ccccc1. The highest BCUT2D eigenvalue weighted by Crippen LogP contribution is 2.22. The van der Waals surface area contributed by atoms with E-state index >= 15 is 0 Å². The Morgan fingerprint density at radius 3 is 2.38 bits per heavy atom. The largest absolute Gasteiger partial charge is 0.275 e. The van der Waals surface area contributed by atoms with E-state index in [0.717, 1.165) is 10.7 Å². The summed E-state index contributed by atoms with van der Waals surface area (Å²) in [6, 6.07) is 9.53. The van der Waals surface area contributed by atoms with Crippen molar-refractivity contribution in [2.24, 2.45) is 0 Å². The van der Waals surface area contributed by atoms with Gasteiger partial charge in [-0.05, 0) is 12.1 Å². The lowest BCUT2D eigenvalue weighted by Gasteiger charge is -2.15. The Labute approximate surface area is 82.2 Å². The van der Waals surface area contributed by atoms with Crippen LogP contribution in [0.4, 0.5) is 5.69 Å². The van der Waals surface area contributed by atoms with Crippen molar-refractivity contribution in [3.8, 4) is 0 Å². The standard InChI is InChI=1S/C10H9NOS/c12-9-6-7-10(13)11(9)8-4-2-1-3-5-8/h1-5H,6-7H2. The van der Waals surface area contributed by atoms with E-state index in [4.69, 9.17) is 12.2 Å². The molecule has 0 aliphatic carbocycles. The predicted molar refractivity (Wildman–Crippen MR) is 55.8 cm³/mol. The third kappa shape index (κ3) is 1.47. The Morgan fingerprint density at radius 1 is 1.15 bits per heavy atom. The van der Waals surface area contributed by atoms with Crippen LogP contribution in [0.3, 0.4) is 0 Å². The summed E-state index contributed by atoms with van der Waals surface area (Å²) >= 11 is 5.10. The van der Waals surface area contributed by atoms with Gasteiger partial charge in [0, 0.05) is 18.5 Å². The molecule has 1 aromatic rings. The van der Waals surface area contributed by atoms with E-state index in [1.165, 1.54) is 0 Å². The molecule has 0 radical (unpaired) electrons. The molecule has 13 heavy (non-hydrogen) atoms. The van der Waals surface area contributed by atoms with E-state index in [0.29, 0.717) is 12.8 Å². The van der Waals surface area contributed by atoms with Crippen molar-refractivity contribution in [3.63, 3.8) is 0 Å². The summed E-state index contributed by atoms with van der Waals surface area (Å²) in [5.41, 5.74) is 0.884. The number of hydrogen-bond donors (Lipinski definition) is 0. The van der Waals surface area contributed by atoms with Gasteiger partial charge in [-0.25, -0.2) is 0 Å². The first-order valence-corrected chi connectivity index (χ1v) is 4.61. The normalized spacial score (nSPS) is 16.8. The topological polar surface area (TPSA) is 20.3 Å². The molecule has 66 valence electrons. The fourth-order valence-corrected chi connectivity index (χ4v) is 1.75. The minimum absolute atomic E-state index is 0.108. The van der Waals surface area contributed by atoms with Crippen LogP contribution in [-0.2, 0) is 4.79 Å². The monoisotopic (exact) mass is 191 g/mol. The first kappa shape index (κ1) is 8.38. The Hall–Kier alpha value is -1.22. The van der Waals surface area contributed by atoms with Crippen molar-refractivity contribution in [3.05, 3.63) is 30.3 Å². The molecular weight excluding hydrogens is 182 g/mol. The first-order valence-electron chi connectivity index (χ1n) is 4.20. The number of carbonyl (C=O) groups is 1. The number of anilines is 1. The van der Waals surface area contributed by atoms with E-state index in [-0.39, 0.29) is 5.91 Å². The Bertz CT molecular complexity index is 331. The van der Waals surface area contributed by atoms with E-state index in [1.807, 2.05) is 30.3 Å². The van der Waals surface area contributed by atoms with Crippen LogP contribution in [-0.4, -0.2) is 10.9 Å². The summed E-state index contributed by atoms with van der Waals surface area (Å²) in [4.78, 5) is 13.8. The second-order valence-corrected chi connectivity index (χ2v) is 3.43. The van der Waals surface area contributed by atoms with Gasteiger partial charge in [-0.2, -0.15) is 0 Å². The molecule has 1 fully saturated rings. The minimum Gasteiger partial charge on any atom is -0.275 e. The molecule has 1 aliphatic heterocycles. The lowest BCUT2D eigenvalue weighted by Crippen LogP contribution is -2.27. The van der Waals surface area contributed by atoms with Crippen LogP contribution in [0.2, 0.25) is 0 Å². The number of nitrogens with zero attached hydrogens (tertiary/aromatic N) is 1. The fourth-order valence-electron chi connectivity index (χ4n) is 1.44. The lowest BCUT2D eigenvalue weighted by molar-refractivity contribution is -0.116. The minimum atomic E-state index is 0.108. The van der Waals surface area contributed by atoms with E-state index in [9.17, 15) is 4.79 Å². The molecule has 0 N–H and O–H groups in total. The molecule has 0 spiro atoms. The molecule has 0 bridgehead atoms. The summed E-state index contributed by atoms with van der Waals surface area (Å²) in [6.45, 7) is 0. The third-order valence-electron chi connectivity index (χ3n) is 2.07. The van der Waals surface area contributed by atoms with Gasteiger partial charge in [0.2, 0.25) is 5.91 Å². The number of carbonyl (C=O) groups excluding carboxylic acids is 1. The maximum Gasteiger partial charge on any atom is 0.232 e. The third-order valence-corrected chi connectivity index (χ3v) is 2.45. The summed E-state index contributed by atoms with van der Waals surface area (Å²) in [5.74, 6) is 0.108. The average Bonchev–Trinajstić information content (AvgIpc) is 2.48. The number of para-hydroxylation sites is 1. The van der Waals surface area contributed by atoms with E-state index in [2.05, 4.69) is 0 Å². The summed E-state index contributed by atoms with van der Waals surface area (Å²) in [7, 11) is 0. The zero-order valence-corrected chi connectivity index (χ0v) is 7.88. The van der Waals surface area contributed by atoms with Crippen LogP contribution >= 0.6 is 12.2 Å². The van der Waals surface area contributed by atoms with Crippen LogP contribution < -0.4 is 4.90 Å². The van der Waals surface area contributed by atoms with Crippen molar-refractivity contribution < 1.29 is 4.79 Å². The molecule has 1 aliphatic rings. The van der Waals surface area contributed by atoms with Gasteiger partial charge >= 0.3 is 0 Å². The van der Waals surface area contributed by atoms with Crippen LogP contribution in [0.25, 0.3) is 0 Å². The van der Waals surface area contributed by atoms with Gasteiger partial charge in [0.1, 0.15) is 0 Å². The quantitative estimate of drug-likeness (QED) is 0.634. The maximum absolute atomic E-state index is 11.4. The summed E-state index contributed by atoms with van der Waals surface area (Å²) < 4.78 is 0. The van der Waals surface area contributed by atoms with Gasteiger partial charge in [0.15, 0.2) is 0 Å². The number of hydrogen-bond acceptors (Lipinski definition) is 2. The highest BCUT2D eigenvalue weighted by Gasteiger charge is 2.26. The zero-order valence-electron chi connectivity index (χ0n) is 7.06. The van der Waals surface area contributed by atoms with Gasteiger partial charge < -0.3 is 0 Å². The molecular formula is C10H9NOS. The van der Waals surface area contributed by atoms with Gasteiger partial charge in [0.25, 0.3) is 0 Å². The second kappa shape index (κ2) is 3.26. The van der Waals surface area contributed by atoms with Crippen molar-refractivity contribution in [1.82, 2.24) is 0 Å². The number of rotatable bonds is 1. The highest BCUT2D eigenvalue weighted by atomic mass is 32.1. The van der Waals surface area contributed by atoms with E-state index in [1.54, 1.807) is 4.90 Å². The molecule has 2 rings (SSSR count). The molecule has 2 nitrogen and oxygen atoms in total. The molecule has 0 saturated carbocycles. The van der Waals surface area contributed by atoms with Crippen LogP contribution in [0.15, 0.2) is 30.3 Å². The van der Waals surface area contributed by atoms with Gasteiger partial charge in [-0.3, -0.25) is 9.69 Å². The summed E-state index contributed by atoms with van der Waals surface area (Å²) in [6.07, 6.45) is 1.26. The molecule has 0 unspecified atom stereocenters. The van der Waals surface area contributed by atoms with E-state index < -0.39 is 0 Å². The van der Waals surface area contributed by atoms with Gasteiger partial charge in [-0.15, -0.1) is 0 Å². The number of amides is 1.